The van der Waals surface area contributed by atoms with Gasteiger partial charge in [0.1, 0.15) is 17.4 Å². The fourth-order valence-corrected chi connectivity index (χ4v) is 1.86. The molecule has 0 amide bonds. The maximum atomic E-state index is 13.2. The zero-order valence-corrected chi connectivity index (χ0v) is 11.0. The molecular formula is C16H12FN3O. The molecule has 4 nitrogen and oxygen atoms in total. The third-order valence-electron chi connectivity index (χ3n) is 2.77. The second-order valence-electron chi connectivity index (χ2n) is 4.38. The van der Waals surface area contributed by atoms with Crippen LogP contribution < -0.4 is 10.5 Å². The topological polar surface area (TPSA) is 61.0 Å². The summed E-state index contributed by atoms with van der Waals surface area (Å²) in [5.74, 6) is 0.995. The Balaban J connectivity index is 1.95. The number of hydrogen-bond donors (Lipinski definition) is 1. The van der Waals surface area contributed by atoms with Gasteiger partial charge in [0.25, 0.3) is 0 Å². The highest BCUT2D eigenvalue weighted by Gasteiger charge is 2.07. The SMILES string of the molecule is Nc1cc(Oc2cccc(F)c2)nc(-c2ccccc2)n1. The second kappa shape index (κ2) is 5.58. The number of nitrogen functional groups attached to an aromatic ring is 1. The Morgan fingerprint density at radius 3 is 2.48 bits per heavy atom. The van der Waals surface area contributed by atoms with Crippen molar-refractivity contribution in [3.05, 3.63) is 66.5 Å². The third-order valence-corrected chi connectivity index (χ3v) is 2.77. The molecule has 0 aliphatic carbocycles. The van der Waals surface area contributed by atoms with Gasteiger partial charge in [0, 0.05) is 17.7 Å². The van der Waals surface area contributed by atoms with Crippen LogP contribution in [0, 0.1) is 5.82 Å². The Bertz CT molecular complexity index is 762. The molecule has 0 aliphatic heterocycles. The molecule has 3 aromatic rings. The molecule has 5 heteroatoms. The Labute approximate surface area is 121 Å². The van der Waals surface area contributed by atoms with Crippen LogP contribution in [0.5, 0.6) is 11.6 Å². The monoisotopic (exact) mass is 281 g/mol. The van der Waals surface area contributed by atoms with Gasteiger partial charge in [0.15, 0.2) is 5.82 Å². The predicted octanol–water partition coefficient (Wildman–Crippen LogP) is 3.66. The lowest BCUT2D eigenvalue weighted by atomic mass is 10.2. The van der Waals surface area contributed by atoms with Crippen LogP contribution in [0.3, 0.4) is 0 Å². The molecule has 0 atom stereocenters. The van der Waals surface area contributed by atoms with E-state index in [1.165, 1.54) is 18.2 Å². The highest BCUT2D eigenvalue weighted by Crippen LogP contribution is 2.24. The van der Waals surface area contributed by atoms with Gasteiger partial charge < -0.3 is 10.5 Å². The molecule has 0 saturated carbocycles. The zero-order chi connectivity index (χ0) is 14.7. The van der Waals surface area contributed by atoms with Crippen LogP contribution in [-0.2, 0) is 0 Å². The summed E-state index contributed by atoms with van der Waals surface area (Å²) in [4.78, 5) is 8.47. The van der Waals surface area contributed by atoms with Crippen LogP contribution in [0.15, 0.2) is 60.7 Å². The number of benzene rings is 2. The summed E-state index contributed by atoms with van der Waals surface area (Å²) in [6.07, 6.45) is 0. The lowest BCUT2D eigenvalue weighted by molar-refractivity contribution is 0.458. The Morgan fingerprint density at radius 2 is 1.71 bits per heavy atom. The number of ether oxygens (including phenoxy) is 1. The molecule has 0 radical (unpaired) electrons. The van der Waals surface area contributed by atoms with E-state index in [0.717, 1.165) is 5.56 Å². The summed E-state index contributed by atoms with van der Waals surface area (Å²) < 4.78 is 18.7. The van der Waals surface area contributed by atoms with Gasteiger partial charge in [-0.2, -0.15) is 4.98 Å². The van der Waals surface area contributed by atoms with Gasteiger partial charge in [-0.25, -0.2) is 9.37 Å². The van der Waals surface area contributed by atoms with E-state index in [-0.39, 0.29) is 17.5 Å². The molecule has 2 aromatic carbocycles. The van der Waals surface area contributed by atoms with Crippen molar-refractivity contribution in [2.45, 2.75) is 0 Å². The van der Waals surface area contributed by atoms with Crippen LogP contribution >= 0.6 is 0 Å². The van der Waals surface area contributed by atoms with E-state index in [1.807, 2.05) is 30.3 Å². The molecular weight excluding hydrogens is 269 g/mol. The number of nitrogens with zero attached hydrogens (tertiary/aromatic N) is 2. The van der Waals surface area contributed by atoms with E-state index in [2.05, 4.69) is 9.97 Å². The zero-order valence-electron chi connectivity index (χ0n) is 11.0. The summed E-state index contributed by atoms with van der Waals surface area (Å²) in [6.45, 7) is 0. The number of nitrogens with two attached hydrogens (primary N) is 1. The maximum Gasteiger partial charge on any atom is 0.224 e. The summed E-state index contributed by atoms with van der Waals surface area (Å²) in [5.41, 5.74) is 6.60. The quantitative estimate of drug-likeness (QED) is 0.796. The van der Waals surface area contributed by atoms with Crippen molar-refractivity contribution < 1.29 is 9.13 Å². The fourth-order valence-electron chi connectivity index (χ4n) is 1.86. The number of aromatic nitrogens is 2. The summed E-state index contributed by atoms with van der Waals surface area (Å²) in [7, 11) is 0. The van der Waals surface area contributed by atoms with Crippen molar-refractivity contribution in [3.63, 3.8) is 0 Å². The normalized spacial score (nSPS) is 10.3. The maximum absolute atomic E-state index is 13.2. The summed E-state index contributed by atoms with van der Waals surface area (Å²) >= 11 is 0. The Kier molecular flexibility index (Phi) is 3.47. The van der Waals surface area contributed by atoms with Gasteiger partial charge >= 0.3 is 0 Å². The molecule has 0 spiro atoms. The minimum atomic E-state index is -0.377. The van der Waals surface area contributed by atoms with E-state index in [9.17, 15) is 4.39 Å². The van der Waals surface area contributed by atoms with E-state index in [0.29, 0.717) is 11.6 Å². The number of anilines is 1. The highest BCUT2D eigenvalue weighted by molar-refractivity contribution is 5.57. The van der Waals surface area contributed by atoms with Gasteiger partial charge in [-0.05, 0) is 12.1 Å². The Morgan fingerprint density at radius 1 is 0.905 bits per heavy atom. The highest BCUT2D eigenvalue weighted by atomic mass is 19.1. The van der Waals surface area contributed by atoms with Crippen molar-refractivity contribution in [3.8, 4) is 23.0 Å². The van der Waals surface area contributed by atoms with Crippen molar-refractivity contribution in [1.82, 2.24) is 9.97 Å². The molecule has 104 valence electrons. The lowest BCUT2D eigenvalue weighted by Crippen LogP contribution is -1.98. The van der Waals surface area contributed by atoms with Crippen molar-refractivity contribution >= 4 is 5.82 Å². The van der Waals surface area contributed by atoms with E-state index in [4.69, 9.17) is 10.5 Å². The molecule has 1 heterocycles. The molecule has 2 N–H and O–H groups in total. The van der Waals surface area contributed by atoms with E-state index < -0.39 is 0 Å². The van der Waals surface area contributed by atoms with Crippen LogP contribution in [0.2, 0.25) is 0 Å². The minimum Gasteiger partial charge on any atom is -0.439 e. The van der Waals surface area contributed by atoms with E-state index in [1.54, 1.807) is 12.1 Å². The van der Waals surface area contributed by atoms with Gasteiger partial charge in [0.05, 0.1) is 0 Å². The molecule has 0 fully saturated rings. The Hall–Kier alpha value is -2.95. The number of hydrogen-bond acceptors (Lipinski definition) is 4. The van der Waals surface area contributed by atoms with Gasteiger partial charge in [0.2, 0.25) is 5.88 Å². The first-order valence-corrected chi connectivity index (χ1v) is 6.34. The molecule has 21 heavy (non-hydrogen) atoms. The summed E-state index contributed by atoms with van der Waals surface area (Å²) in [6, 6.07) is 16.7. The smallest absolute Gasteiger partial charge is 0.224 e. The first-order chi connectivity index (χ1) is 10.2. The molecule has 0 saturated heterocycles. The number of rotatable bonds is 3. The van der Waals surface area contributed by atoms with Gasteiger partial charge in [-0.3, -0.25) is 0 Å². The standard InChI is InChI=1S/C16H12FN3O/c17-12-7-4-8-13(9-12)21-15-10-14(18)19-16(20-15)11-5-2-1-3-6-11/h1-10H,(H2,18,19,20). The number of halogens is 1. The average molecular weight is 281 g/mol. The van der Waals surface area contributed by atoms with E-state index >= 15 is 0 Å². The fraction of sp³-hybridized carbons (Fsp3) is 0. The third kappa shape index (κ3) is 3.14. The molecule has 3 rings (SSSR count). The summed E-state index contributed by atoms with van der Waals surface area (Å²) in [5, 5.41) is 0. The average Bonchev–Trinajstić information content (AvgIpc) is 2.47. The van der Waals surface area contributed by atoms with Crippen molar-refractivity contribution in [2.75, 3.05) is 5.73 Å². The lowest BCUT2D eigenvalue weighted by Gasteiger charge is -2.07. The first-order valence-electron chi connectivity index (χ1n) is 6.34. The van der Waals surface area contributed by atoms with Crippen LogP contribution in [-0.4, -0.2) is 9.97 Å². The predicted molar refractivity (Wildman–Crippen MR) is 78.4 cm³/mol. The molecule has 0 bridgehead atoms. The molecule has 1 aromatic heterocycles. The van der Waals surface area contributed by atoms with Gasteiger partial charge in [-0.15, -0.1) is 0 Å². The van der Waals surface area contributed by atoms with Crippen LogP contribution in [0.4, 0.5) is 10.2 Å². The van der Waals surface area contributed by atoms with Crippen LogP contribution in [0.1, 0.15) is 0 Å². The van der Waals surface area contributed by atoms with Gasteiger partial charge in [-0.1, -0.05) is 36.4 Å². The first kappa shape index (κ1) is 13.1. The van der Waals surface area contributed by atoms with Crippen molar-refractivity contribution in [2.24, 2.45) is 0 Å². The molecule has 0 unspecified atom stereocenters. The largest absolute Gasteiger partial charge is 0.439 e. The second-order valence-corrected chi connectivity index (χ2v) is 4.38. The molecule has 0 aliphatic rings. The minimum absolute atomic E-state index is 0.270. The van der Waals surface area contributed by atoms with Crippen LogP contribution in [0.25, 0.3) is 11.4 Å². The van der Waals surface area contributed by atoms with Crippen molar-refractivity contribution in [1.29, 1.82) is 0 Å².